The Morgan fingerprint density at radius 3 is 2.57 bits per heavy atom. The van der Waals surface area contributed by atoms with Crippen LogP contribution >= 0.6 is 15.9 Å². The van der Waals surface area contributed by atoms with Gasteiger partial charge < -0.3 is 14.8 Å². The quantitative estimate of drug-likeness (QED) is 0.804. The van der Waals surface area contributed by atoms with Crippen molar-refractivity contribution < 1.29 is 9.47 Å². The molecule has 21 heavy (non-hydrogen) atoms. The van der Waals surface area contributed by atoms with Crippen LogP contribution in [-0.4, -0.2) is 19.3 Å². The maximum atomic E-state index is 5.82. The summed E-state index contributed by atoms with van der Waals surface area (Å²) < 4.78 is 12.3. The van der Waals surface area contributed by atoms with Crippen molar-refractivity contribution in [3.05, 3.63) is 22.2 Å². The van der Waals surface area contributed by atoms with Gasteiger partial charge in [0.1, 0.15) is 0 Å². The van der Waals surface area contributed by atoms with E-state index < -0.39 is 0 Å². The third-order valence-electron chi connectivity index (χ3n) is 3.84. The standard InChI is InChI=1S/C17H26BrNO2/c1-12(2)21-17-15(18)9-13(10-16(17)20-3)11-19-14-7-5-4-6-8-14/h9-10,12,14,19H,4-8,11H2,1-3H3. The number of halogens is 1. The van der Waals surface area contributed by atoms with Crippen LogP contribution in [0.5, 0.6) is 11.5 Å². The smallest absolute Gasteiger partial charge is 0.175 e. The fourth-order valence-electron chi connectivity index (χ4n) is 2.79. The Labute approximate surface area is 136 Å². The van der Waals surface area contributed by atoms with Gasteiger partial charge in [0.25, 0.3) is 0 Å². The lowest BCUT2D eigenvalue weighted by atomic mass is 9.95. The van der Waals surface area contributed by atoms with Crippen LogP contribution in [0.4, 0.5) is 0 Å². The molecule has 1 saturated carbocycles. The summed E-state index contributed by atoms with van der Waals surface area (Å²) in [4.78, 5) is 0. The molecule has 0 spiro atoms. The van der Waals surface area contributed by atoms with Crippen molar-refractivity contribution in [3.63, 3.8) is 0 Å². The summed E-state index contributed by atoms with van der Waals surface area (Å²) in [6.45, 7) is 4.91. The van der Waals surface area contributed by atoms with E-state index in [4.69, 9.17) is 9.47 Å². The second-order valence-electron chi connectivity index (χ2n) is 5.99. The van der Waals surface area contributed by atoms with Crippen LogP contribution in [0.3, 0.4) is 0 Å². The summed E-state index contributed by atoms with van der Waals surface area (Å²) in [6, 6.07) is 4.85. The third kappa shape index (κ3) is 4.89. The van der Waals surface area contributed by atoms with Crippen LogP contribution in [0.25, 0.3) is 0 Å². The maximum Gasteiger partial charge on any atom is 0.175 e. The Morgan fingerprint density at radius 2 is 1.95 bits per heavy atom. The van der Waals surface area contributed by atoms with Crippen molar-refractivity contribution >= 4 is 15.9 Å². The third-order valence-corrected chi connectivity index (χ3v) is 4.43. The molecule has 0 amide bonds. The predicted molar refractivity (Wildman–Crippen MR) is 90.2 cm³/mol. The van der Waals surface area contributed by atoms with E-state index >= 15 is 0 Å². The van der Waals surface area contributed by atoms with Crippen molar-refractivity contribution in [2.75, 3.05) is 7.11 Å². The minimum absolute atomic E-state index is 0.126. The fourth-order valence-corrected chi connectivity index (χ4v) is 3.38. The Hall–Kier alpha value is -0.740. The first-order valence-corrected chi connectivity index (χ1v) is 8.66. The molecule has 0 saturated heterocycles. The monoisotopic (exact) mass is 355 g/mol. The van der Waals surface area contributed by atoms with Gasteiger partial charge in [0.2, 0.25) is 0 Å². The van der Waals surface area contributed by atoms with Crippen LogP contribution in [0, 0.1) is 0 Å². The molecule has 118 valence electrons. The number of ether oxygens (including phenoxy) is 2. The second-order valence-corrected chi connectivity index (χ2v) is 6.85. The molecule has 0 radical (unpaired) electrons. The van der Waals surface area contributed by atoms with Gasteiger partial charge in [0.15, 0.2) is 11.5 Å². The number of benzene rings is 1. The largest absolute Gasteiger partial charge is 0.493 e. The first-order valence-electron chi connectivity index (χ1n) is 7.86. The lowest BCUT2D eigenvalue weighted by Crippen LogP contribution is -2.30. The van der Waals surface area contributed by atoms with Crippen molar-refractivity contribution in [1.82, 2.24) is 5.32 Å². The molecule has 0 heterocycles. The highest BCUT2D eigenvalue weighted by atomic mass is 79.9. The molecule has 0 atom stereocenters. The molecule has 1 aromatic rings. The topological polar surface area (TPSA) is 30.5 Å². The fraction of sp³-hybridized carbons (Fsp3) is 0.647. The Morgan fingerprint density at radius 1 is 1.24 bits per heavy atom. The molecule has 4 heteroatoms. The van der Waals surface area contributed by atoms with Crippen molar-refractivity contribution in [1.29, 1.82) is 0 Å². The summed E-state index contributed by atoms with van der Waals surface area (Å²) in [5.41, 5.74) is 1.22. The van der Waals surface area contributed by atoms with E-state index in [1.54, 1.807) is 7.11 Å². The Bertz CT molecular complexity index is 456. The number of rotatable bonds is 6. The van der Waals surface area contributed by atoms with Gasteiger partial charge in [-0.2, -0.15) is 0 Å². The first kappa shape index (κ1) is 16.6. The Balaban J connectivity index is 2.04. The van der Waals surface area contributed by atoms with Crippen LogP contribution in [-0.2, 0) is 6.54 Å². The molecular formula is C17H26BrNO2. The minimum Gasteiger partial charge on any atom is -0.493 e. The number of nitrogens with one attached hydrogen (secondary N) is 1. The average Bonchev–Trinajstić information content (AvgIpc) is 2.48. The van der Waals surface area contributed by atoms with Gasteiger partial charge in [-0.15, -0.1) is 0 Å². The summed E-state index contributed by atoms with van der Waals surface area (Å²) >= 11 is 3.60. The molecule has 0 aromatic heterocycles. The van der Waals surface area contributed by atoms with E-state index in [-0.39, 0.29) is 6.10 Å². The van der Waals surface area contributed by atoms with Crippen LogP contribution in [0.15, 0.2) is 16.6 Å². The zero-order valence-electron chi connectivity index (χ0n) is 13.2. The van der Waals surface area contributed by atoms with Gasteiger partial charge >= 0.3 is 0 Å². The van der Waals surface area contributed by atoms with Gasteiger partial charge in [0, 0.05) is 12.6 Å². The highest BCUT2D eigenvalue weighted by Gasteiger charge is 2.15. The van der Waals surface area contributed by atoms with E-state index in [1.807, 2.05) is 13.8 Å². The average molecular weight is 356 g/mol. The van der Waals surface area contributed by atoms with Gasteiger partial charge in [0.05, 0.1) is 17.7 Å². The maximum absolute atomic E-state index is 5.82. The van der Waals surface area contributed by atoms with Gasteiger partial charge in [-0.1, -0.05) is 19.3 Å². The SMILES string of the molecule is COc1cc(CNC2CCCCC2)cc(Br)c1OC(C)C. The highest BCUT2D eigenvalue weighted by Crippen LogP contribution is 2.37. The predicted octanol–water partition coefficient (Wildman–Crippen LogP) is 4.67. The molecule has 2 rings (SSSR count). The number of hydrogen-bond donors (Lipinski definition) is 1. The van der Waals surface area contributed by atoms with Crippen molar-refractivity contribution in [2.45, 2.75) is 64.6 Å². The van der Waals surface area contributed by atoms with Crippen molar-refractivity contribution in [2.24, 2.45) is 0 Å². The number of hydrogen-bond acceptors (Lipinski definition) is 3. The molecule has 1 N–H and O–H groups in total. The zero-order valence-corrected chi connectivity index (χ0v) is 14.8. The van der Waals surface area contributed by atoms with Crippen molar-refractivity contribution in [3.8, 4) is 11.5 Å². The summed E-state index contributed by atoms with van der Waals surface area (Å²) in [5, 5.41) is 3.66. The first-order chi connectivity index (χ1) is 10.1. The van der Waals surface area contributed by atoms with Crippen LogP contribution in [0.1, 0.15) is 51.5 Å². The summed E-state index contributed by atoms with van der Waals surface area (Å²) in [5.74, 6) is 1.58. The van der Waals surface area contributed by atoms with E-state index in [2.05, 4.69) is 33.4 Å². The molecule has 1 aromatic carbocycles. The highest BCUT2D eigenvalue weighted by molar-refractivity contribution is 9.10. The molecule has 0 aliphatic heterocycles. The lowest BCUT2D eigenvalue weighted by molar-refractivity contribution is 0.228. The zero-order chi connectivity index (χ0) is 15.2. The van der Waals surface area contributed by atoms with E-state index in [9.17, 15) is 0 Å². The van der Waals surface area contributed by atoms with E-state index in [0.29, 0.717) is 6.04 Å². The molecule has 1 fully saturated rings. The Kier molecular flexibility index (Phi) is 6.37. The van der Waals surface area contributed by atoms with Gasteiger partial charge in [-0.05, 0) is 60.3 Å². The molecule has 3 nitrogen and oxygen atoms in total. The van der Waals surface area contributed by atoms with E-state index in [1.165, 1.54) is 37.7 Å². The normalized spacial score (nSPS) is 16.2. The molecule has 0 unspecified atom stereocenters. The summed E-state index contributed by atoms with van der Waals surface area (Å²) in [6.07, 6.45) is 6.82. The van der Waals surface area contributed by atoms with Crippen LogP contribution in [0.2, 0.25) is 0 Å². The van der Waals surface area contributed by atoms with E-state index in [0.717, 1.165) is 22.5 Å². The lowest BCUT2D eigenvalue weighted by Gasteiger charge is -2.23. The number of methoxy groups -OCH3 is 1. The van der Waals surface area contributed by atoms with Gasteiger partial charge in [-0.25, -0.2) is 0 Å². The molecule has 1 aliphatic carbocycles. The molecular weight excluding hydrogens is 330 g/mol. The van der Waals surface area contributed by atoms with Crippen LogP contribution < -0.4 is 14.8 Å². The molecule has 1 aliphatic rings. The van der Waals surface area contributed by atoms with Gasteiger partial charge in [-0.3, -0.25) is 0 Å². The molecule has 0 bridgehead atoms. The summed E-state index contributed by atoms with van der Waals surface area (Å²) in [7, 11) is 1.69. The minimum atomic E-state index is 0.126. The second kappa shape index (κ2) is 8.04.